The van der Waals surface area contributed by atoms with Gasteiger partial charge in [0, 0.05) is 12.2 Å². The third kappa shape index (κ3) is 4.20. The molecule has 0 bridgehead atoms. The average Bonchev–Trinajstić information content (AvgIpc) is 3.19. The fourth-order valence-electron chi connectivity index (χ4n) is 3.62. The van der Waals surface area contributed by atoms with Crippen molar-refractivity contribution in [3.05, 3.63) is 64.4 Å². The Bertz CT molecular complexity index is 1310. The van der Waals surface area contributed by atoms with Crippen LogP contribution in [-0.2, 0) is 17.8 Å². The van der Waals surface area contributed by atoms with Crippen LogP contribution in [0.5, 0.6) is 0 Å². The lowest BCUT2D eigenvalue weighted by molar-refractivity contribution is -0.113. The number of thioether (sulfide) groups is 1. The van der Waals surface area contributed by atoms with Gasteiger partial charge in [0.2, 0.25) is 11.7 Å². The zero-order valence-electron chi connectivity index (χ0n) is 17.8. The lowest BCUT2D eigenvalue weighted by Gasteiger charge is -2.13. The highest BCUT2D eigenvalue weighted by Gasteiger charge is 2.18. The first-order valence-corrected chi connectivity index (χ1v) is 11.3. The minimum absolute atomic E-state index is 0.0744. The number of hydrogen-bond donors (Lipinski definition) is 1. The van der Waals surface area contributed by atoms with Crippen LogP contribution in [0.4, 0.5) is 5.69 Å². The van der Waals surface area contributed by atoms with Crippen molar-refractivity contribution in [2.24, 2.45) is 5.92 Å². The van der Waals surface area contributed by atoms with Gasteiger partial charge in [-0.15, -0.1) is 10.2 Å². The topological polar surface area (TPSA) is 81.3 Å². The number of fused-ring (bicyclic) bond motifs is 3. The molecule has 0 radical (unpaired) electrons. The van der Waals surface area contributed by atoms with Crippen molar-refractivity contribution in [2.75, 3.05) is 11.1 Å². The second kappa shape index (κ2) is 8.93. The lowest BCUT2D eigenvalue weighted by atomic mass is 10.1. The zero-order valence-corrected chi connectivity index (χ0v) is 18.6. The molecule has 0 unspecified atom stereocenters. The number of aryl methyl sites for hydroxylation is 1. The van der Waals surface area contributed by atoms with Gasteiger partial charge in [-0.1, -0.05) is 62.9 Å². The molecule has 4 aromatic rings. The summed E-state index contributed by atoms with van der Waals surface area (Å²) >= 11 is 1.31. The minimum Gasteiger partial charge on any atom is -0.325 e. The van der Waals surface area contributed by atoms with E-state index in [0.29, 0.717) is 22.9 Å². The van der Waals surface area contributed by atoms with Crippen LogP contribution in [0, 0.1) is 5.92 Å². The van der Waals surface area contributed by atoms with E-state index in [2.05, 4.69) is 36.3 Å². The van der Waals surface area contributed by atoms with Crippen LogP contribution in [0.2, 0.25) is 0 Å². The molecule has 8 heteroatoms. The van der Waals surface area contributed by atoms with Gasteiger partial charge in [0.15, 0.2) is 5.16 Å². The molecule has 7 nitrogen and oxygen atoms in total. The molecule has 0 aliphatic rings. The Morgan fingerprint density at radius 3 is 2.61 bits per heavy atom. The third-order valence-electron chi connectivity index (χ3n) is 5.03. The molecule has 0 fully saturated rings. The molecule has 2 heterocycles. The molecule has 0 aliphatic carbocycles. The fourth-order valence-corrected chi connectivity index (χ4v) is 4.36. The maximum atomic E-state index is 13.0. The summed E-state index contributed by atoms with van der Waals surface area (Å²) in [6.07, 6.45) is 0.845. The fraction of sp³-hybridized carbons (Fsp3) is 0.304. The van der Waals surface area contributed by atoms with Crippen molar-refractivity contribution in [1.82, 2.24) is 19.2 Å². The Morgan fingerprint density at radius 1 is 1.10 bits per heavy atom. The van der Waals surface area contributed by atoms with E-state index >= 15 is 0 Å². The van der Waals surface area contributed by atoms with Crippen LogP contribution in [0.1, 0.15) is 26.3 Å². The summed E-state index contributed by atoms with van der Waals surface area (Å²) in [7, 11) is 0. The van der Waals surface area contributed by atoms with Gasteiger partial charge in [0.1, 0.15) is 0 Å². The lowest BCUT2D eigenvalue weighted by Crippen LogP contribution is -2.25. The molecule has 1 amide bonds. The summed E-state index contributed by atoms with van der Waals surface area (Å²) in [5, 5.41) is 12.8. The predicted octanol–water partition coefficient (Wildman–Crippen LogP) is 3.99. The Hall–Kier alpha value is -3.13. The minimum atomic E-state index is -0.109. The van der Waals surface area contributed by atoms with E-state index in [0.717, 1.165) is 23.2 Å². The number of amides is 1. The summed E-state index contributed by atoms with van der Waals surface area (Å²) in [6, 6.07) is 15.2. The summed E-state index contributed by atoms with van der Waals surface area (Å²) in [5.74, 6) is 0.857. The number of hydrogen-bond acceptors (Lipinski definition) is 5. The smallest absolute Gasteiger partial charge is 0.262 e. The maximum absolute atomic E-state index is 13.0. The van der Waals surface area contributed by atoms with E-state index < -0.39 is 0 Å². The second-order valence-corrected chi connectivity index (χ2v) is 8.73. The molecule has 0 aliphatic heterocycles. The number of para-hydroxylation sites is 2. The van der Waals surface area contributed by atoms with Crippen molar-refractivity contribution in [3.8, 4) is 0 Å². The highest BCUT2D eigenvalue weighted by atomic mass is 32.2. The normalized spacial score (nSPS) is 11.5. The van der Waals surface area contributed by atoms with Crippen LogP contribution in [0.25, 0.3) is 16.7 Å². The molecule has 1 N–H and O–H groups in total. The van der Waals surface area contributed by atoms with Crippen molar-refractivity contribution >= 4 is 40.0 Å². The molecule has 2 aromatic carbocycles. The van der Waals surface area contributed by atoms with Crippen LogP contribution < -0.4 is 10.9 Å². The summed E-state index contributed by atoms with van der Waals surface area (Å²) in [6.45, 7) is 6.72. The number of nitrogens with zero attached hydrogens (tertiary/aromatic N) is 4. The number of benzene rings is 2. The van der Waals surface area contributed by atoms with Crippen LogP contribution >= 0.6 is 11.8 Å². The van der Waals surface area contributed by atoms with E-state index in [4.69, 9.17) is 0 Å². The summed E-state index contributed by atoms with van der Waals surface area (Å²) in [4.78, 5) is 25.6. The monoisotopic (exact) mass is 435 g/mol. The zero-order chi connectivity index (χ0) is 22.0. The second-order valence-electron chi connectivity index (χ2n) is 7.79. The quantitative estimate of drug-likeness (QED) is 0.444. The first-order valence-electron chi connectivity index (χ1n) is 10.4. The van der Waals surface area contributed by atoms with Gasteiger partial charge in [0.05, 0.1) is 16.7 Å². The summed E-state index contributed by atoms with van der Waals surface area (Å²) in [5.41, 5.74) is 2.59. The molecular formula is C23H25N5O2S. The number of rotatable bonds is 7. The molecule has 31 heavy (non-hydrogen) atoms. The largest absolute Gasteiger partial charge is 0.325 e. The Balaban J connectivity index is 1.66. The van der Waals surface area contributed by atoms with E-state index in [1.54, 1.807) is 4.57 Å². The van der Waals surface area contributed by atoms with Crippen molar-refractivity contribution < 1.29 is 4.79 Å². The predicted molar refractivity (Wildman–Crippen MR) is 125 cm³/mol. The van der Waals surface area contributed by atoms with E-state index in [1.165, 1.54) is 11.8 Å². The summed E-state index contributed by atoms with van der Waals surface area (Å²) < 4.78 is 3.54. The van der Waals surface area contributed by atoms with Crippen molar-refractivity contribution in [1.29, 1.82) is 0 Å². The first kappa shape index (κ1) is 21.1. The van der Waals surface area contributed by atoms with Gasteiger partial charge < -0.3 is 5.32 Å². The number of aromatic nitrogens is 4. The molecule has 0 atom stereocenters. The number of carbonyl (C=O) groups is 1. The number of carbonyl (C=O) groups excluding carboxylic acids is 1. The Kier molecular flexibility index (Phi) is 6.08. The van der Waals surface area contributed by atoms with Crippen LogP contribution in [0.3, 0.4) is 0 Å². The van der Waals surface area contributed by atoms with Gasteiger partial charge in [-0.3, -0.25) is 18.6 Å². The van der Waals surface area contributed by atoms with E-state index in [1.807, 2.05) is 52.9 Å². The first-order chi connectivity index (χ1) is 15.0. The highest BCUT2D eigenvalue weighted by Crippen LogP contribution is 2.23. The third-order valence-corrected chi connectivity index (χ3v) is 5.96. The average molecular weight is 436 g/mol. The molecule has 0 spiro atoms. The van der Waals surface area contributed by atoms with Crippen LogP contribution in [-0.4, -0.2) is 30.8 Å². The SMILES string of the molecule is CCc1ccccc1NC(=O)CSc1nnc2n(CC(C)C)c(=O)c3ccccc3n12. The Labute approximate surface area is 184 Å². The van der Waals surface area contributed by atoms with Crippen molar-refractivity contribution in [2.45, 2.75) is 38.9 Å². The van der Waals surface area contributed by atoms with Gasteiger partial charge >= 0.3 is 0 Å². The standard InChI is InChI=1S/C23H25N5O2S/c1-4-16-9-5-7-11-18(16)24-20(29)14-31-23-26-25-22-27(13-15(2)3)21(30)17-10-6-8-12-19(17)28(22)23/h5-12,15H,4,13-14H2,1-3H3,(H,24,29). The van der Waals surface area contributed by atoms with E-state index in [9.17, 15) is 9.59 Å². The number of nitrogens with one attached hydrogen (secondary N) is 1. The van der Waals surface area contributed by atoms with Crippen LogP contribution in [0.15, 0.2) is 58.5 Å². The van der Waals surface area contributed by atoms with Gasteiger partial charge in [-0.05, 0) is 36.1 Å². The van der Waals surface area contributed by atoms with Crippen molar-refractivity contribution in [3.63, 3.8) is 0 Å². The highest BCUT2D eigenvalue weighted by molar-refractivity contribution is 7.99. The molecule has 0 saturated carbocycles. The molecule has 4 rings (SSSR count). The van der Waals surface area contributed by atoms with Gasteiger partial charge in [-0.25, -0.2) is 0 Å². The number of anilines is 1. The molecular weight excluding hydrogens is 410 g/mol. The molecule has 2 aromatic heterocycles. The van der Waals surface area contributed by atoms with Gasteiger partial charge in [-0.2, -0.15) is 0 Å². The maximum Gasteiger partial charge on any atom is 0.262 e. The van der Waals surface area contributed by atoms with Gasteiger partial charge in [0.25, 0.3) is 5.56 Å². The Morgan fingerprint density at radius 2 is 1.84 bits per heavy atom. The van der Waals surface area contributed by atoms with E-state index in [-0.39, 0.29) is 23.1 Å². The molecule has 0 saturated heterocycles. The molecule has 160 valence electrons.